The molecule has 0 atom stereocenters. The summed E-state index contributed by atoms with van der Waals surface area (Å²) in [5.74, 6) is 0.984. The molecule has 132 valence electrons. The number of nitrogens with one attached hydrogen (secondary N) is 1. The summed E-state index contributed by atoms with van der Waals surface area (Å²) in [6.45, 7) is 9.31. The second-order valence-electron chi connectivity index (χ2n) is 5.28. The SMILES string of the molecule is CCOCCCNC(=NC)N1CCN(Cc2ccon2)CC1.I. The highest BCUT2D eigenvalue weighted by Crippen LogP contribution is 2.07. The monoisotopic (exact) mass is 437 g/mol. The van der Waals surface area contributed by atoms with Crippen LogP contribution in [0.5, 0.6) is 0 Å². The first-order chi connectivity index (χ1) is 10.8. The van der Waals surface area contributed by atoms with E-state index in [-0.39, 0.29) is 24.0 Å². The molecule has 1 aliphatic rings. The maximum atomic E-state index is 5.34. The van der Waals surface area contributed by atoms with Gasteiger partial charge in [-0.2, -0.15) is 0 Å². The number of hydrogen-bond donors (Lipinski definition) is 1. The molecule has 0 aliphatic carbocycles. The molecule has 0 saturated carbocycles. The van der Waals surface area contributed by atoms with Crippen LogP contribution in [0.25, 0.3) is 0 Å². The van der Waals surface area contributed by atoms with Gasteiger partial charge >= 0.3 is 0 Å². The van der Waals surface area contributed by atoms with Crippen LogP contribution in [0, 0.1) is 0 Å². The molecule has 1 aromatic rings. The van der Waals surface area contributed by atoms with Crippen molar-refractivity contribution in [2.45, 2.75) is 19.9 Å². The molecule has 0 aromatic carbocycles. The number of halogens is 1. The predicted octanol–water partition coefficient (Wildman–Crippen LogP) is 1.41. The Balaban J connectivity index is 0.00000264. The number of piperazine rings is 1. The van der Waals surface area contributed by atoms with Crippen LogP contribution in [0.4, 0.5) is 0 Å². The molecule has 0 radical (unpaired) electrons. The Morgan fingerprint density at radius 1 is 1.39 bits per heavy atom. The van der Waals surface area contributed by atoms with Crippen molar-refractivity contribution in [3.8, 4) is 0 Å². The molecular formula is C15H28IN5O2. The summed E-state index contributed by atoms with van der Waals surface area (Å²) < 4.78 is 10.2. The molecule has 1 fully saturated rings. The number of aromatic nitrogens is 1. The fraction of sp³-hybridized carbons (Fsp3) is 0.733. The highest BCUT2D eigenvalue weighted by Gasteiger charge is 2.19. The highest BCUT2D eigenvalue weighted by molar-refractivity contribution is 14.0. The van der Waals surface area contributed by atoms with E-state index >= 15 is 0 Å². The van der Waals surface area contributed by atoms with E-state index in [1.807, 2.05) is 20.0 Å². The number of nitrogens with zero attached hydrogens (tertiary/aromatic N) is 4. The van der Waals surface area contributed by atoms with Crippen molar-refractivity contribution in [1.29, 1.82) is 0 Å². The summed E-state index contributed by atoms with van der Waals surface area (Å²) in [5.41, 5.74) is 0.992. The zero-order chi connectivity index (χ0) is 15.6. The summed E-state index contributed by atoms with van der Waals surface area (Å²) in [6, 6.07) is 1.92. The van der Waals surface area contributed by atoms with E-state index in [9.17, 15) is 0 Å². The lowest BCUT2D eigenvalue weighted by Gasteiger charge is -2.36. The molecule has 2 rings (SSSR count). The van der Waals surface area contributed by atoms with Crippen LogP contribution < -0.4 is 5.32 Å². The maximum Gasteiger partial charge on any atom is 0.193 e. The number of rotatable bonds is 7. The lowest BCUT2D eigenvalue weighted by molar-refractivity contribution is 0.145. The molecule has 0 bridgehead atoms. The lowest BCUT2D eigenvalue weighted by atomic mass is 10.3. The molecule has 1 saturated heterocycles. The third-order valence-corrected chi connectivity index (χ3v) is 3.71. The van der Waals surface area contributed by atoms with Gasteiger partial charge in [-0.25, -0.2) is 0 Å². The van der Waals surface area contributed by atoms with Gasteiger partial charge in [0.05, 0.1) is 5.69 Å². The molecule has 23 heavy (non-hydrogen) atoms. The molecule has 8 heteroatoms. The average molecular weight is 437 g/mol. The molecule has 2 heterocycles. The molecule has 1 aromatic heterocycles. The summed E-state index contributed by atoms with van der Waals surface area (Å²) in [4.78, 5) is 9.07. The van der Waals surface area contributed by atoms with Gasteiger partial charge in [-0.05, 0) is 13.3 Å². The van der Waals surface area contributed by atoms with E-state index in [1.165, 1.54) is 0 Å². The van der Waals surface area contributed by atoms with Crippen molar-refractivity contribution in [2.75, 3.05) is 53.0 Å². The first-order valence-electron chi connectivity index (χ1n) is 7.98. The van der Waals surface area contributed by atoms with Crippen molar-refractivity contribution >= 4 is 29.9 Å². The zero-order valence-corrected chi connectivity index (χ0v) is 16.4. The minimum atomic E-state index is 0. The number of guanidine groups is 1. The molecule has 0 spiro atoms. The van der Waals surface area contributed by atoms with Crippen molar-refractivity contribution in [1.82, 2.24) is 20.3 Å². The standard InChI is InChI=1S/C15H27N5O2.HI/c1-3-21-11-4-6-17-15(16-2)20-9-7-19(8-10-20)13-14-5-12-22-18-14;/h5,12H,3-4,6-11,13H2,1-2H3,(H,16,17);1H. The largest absolute Gasteiger partial charge is 0.382 e. The highest BCUT2D eigenvalue weighted by atomic mass is 127. The van der Waals surface area contributed by atoms with Gasteiger partial charge < -0.3 is 19.5 Å². The summed E-state index contributed by atoms with van der Waals surface area (Å²) in [7, 11) is 1.84. The second-order valence-corrected chi connectivity index (χ2v) is 5.28. The number of hydrogen-bond acceptors (Lipinski definition) is 5. The minimum Gasteiger partial charge on any atom is -0.382 e. The van der Waals surface area contributed by atoms with Gasteiger partial charge in [0, 0.05) is 65.6 Å². The zero-order valence-electron chi connectivity index (χ0n) is 14.0. The Morgan fingerprint density at radius 2 is 2.17 bits per heavy atom. The van der Waals surface area contributed by atoms with Crippen molar-refractivity contribution < 1.29 is 9.26 Å². The van der Waals surface area contributed by atoms with Crippen LogP contribution in [0.1, 0.15) is 19.0 Å². The van der Waals surface area contributed by atoms with E-state index in [4.69, 9.17) is 9.26 Å². The quantitative estimate of drug-likeness (QED) is 0.301. The Kier molecular flexibility index (Phi) is 10.2. The average Bonchev–Trinajstić information content (AvgIpc) is 3.05. The van der Waals surface area contributed by atoms with Gasteiger partial charge in [0.25, 0.3) is 0 Å². The molecule has 7 nitrogen and oxygen atoms in total. The van der Waals surface area contributed by atoms with E-state index in [2.05, 4.69) is 25.3 Å². The Hall–Kier alpha value is -0.870. The van der Waals surface area contributed by atoms with E-state index in [1.54, 1.807) is 6.26 Å². The van der Waals surface area contributed by atoms with Crippen molar-refractivity contribution in [3.05, 3.63) is 18.0 Å². The Morgan fingerprint density at radius 3 is 2.78 bits per heavy atom. The topological polar surface area (TPSA) is 66.1 Å². The van der Waals surface area contributed by atoms with Crippen LogP contribution in [0.3, 0.4) is 0 Å². The van der Waals surface area contributed by atoms with E-state index in [0.29, 0.717) is 0 Å². The molecule has 0 unspecified atom stereocenters. The molecule has 1 aliphatic heterocycles. The number of ether oxygens (including phenoxy) is 1. The van der Waals surface area contributed by atoms with Crippen LogP contribution in [0.2, 0.25) is 0 Å². The Bertz CT molecular complexity index is 433. The second kappa shape index (κ2) is 11.6. The summed E-state index contributed by atoms with van der Waals surface area (Å²) >= 11 is 0. The third kappa shape index (κ3) is 7.05. The smallest absolute Gasteiger partial charge is 0.193 e. The molecule has 0 amide bonds. The van der Waals surface area contributed by atoms with Gasteiger partial charge in [-0.3, -0.25) is 9.89 Å². The minimum absolute atomic E-state index is 0. The summed E-state index contributed by atoms with van der Waals surface area (Å²) in [5, 5.41) is 7.38. The number of aliphatic imine (C=N–C) groups is 1. The van der Waals surface area contributed by atoms with E-state index in [0.717, 1.165) is 70.6 Å². The van der Waals surface area contributed by atoms with Crippen molar-refractivity contribution in [3.63, 3.8) is 0 Å². The third-order valence-electron chi connectivity index (χ3n) is 3.71. The fourth-order valence-electron chi connectivity index (χ4n) is 2.52. The fourth-order valence-corrected chi connectivity index (χ4v) is 2.52. The normalized spacial score (nSPS) is 16.3. The summed E-state index contributed by atoms with van der Waals surface area (Å²) in [6.07, 6.45) is 2.62. The first kappa shape index (κ1) is 20.2. The van der Waals surface area contributed by atoms with Gasteiger partial charge in [0.15, 0.2) is 5.96 Å². The van der Waals surface area contributed by atoms with E-state index < -0.39 is 0 Å². The first-order valence-corrected chi connectivity index (χ1v) is 7.98. The maximum absolute atomic E-state index is 5.34. The van der Waals surface area contributed by atoms with Gasteiger partial charge in [0.1, 0.15) is 6.26 Å². The van der Waals surface area contributed by atoms with Gasteiger partial charge in [-0.15, -0.1) is 24.0 Å². The van der Waals surface area contributed by atoms with Gasteiger partial charge in [0.2, 0.25) is 0 Å². The van der Waals surface area contributed by atoms with Crippen LogP contribution in [-0.4, -0.2) is 73.9 Å². The van der Waals surface area contributed by atoms with Crippen LogP contribution >= 0.6 is 24.0 Å². The predicted molar refractivity (Wildman–Crippen MR) is 101 cm³/mol. The molecule has 1 N–H and O–H groups in total. The van der Waals surface area contributed by atoms with Gasteiger partial charge in [-0.1, -0.05) is 5.16 Å². The molecular weight excluding hydrogens is 409 g/mol. The Labute approximate surface area is 155 Å². The van der Waals surface area contributed by atoms with Crippen LogP contribution in [-0.2, 0) is 11.3 Å². The van der Waals surface area contributed by atoms with Crippen molar-refractivity contribution in [2.24, 2.45) is 4.99 Å². The lowest BCUT2D eigenvalue weighted by Crippen LogP contribution is -2.52. The van der Waals surface area contributed by atoms with Crippen LogP contribution in [0.15, 0.2) is 21.8 Å².